The van der Waals surface area contributed by atoms with Gasteiger partial charge in [0.25, 0.3) is 0 Å². The molecule has 1 aliphatic rings. The third-order valence-corrected chi connectivity index (χ3v) is 3.87. The highest BCUT2D eigenvalue weighted by molar-refractivity contribution is 5.90. The van der Waals surface area contributed by atoms with Crippen LogP contribution >= 0.6 is 0 Å². The molecule has 0 N–H and O–H groups in total. The molecular formula is C15H22N2O2. The van der Waals surface area contributed by atoms with Gasteiger partial charge >= 0.3 is 5.97 Å². The Balaban J connectivity index is 2.12. The van der Waals surface area contributed by atoms with Gasteiger partial charge in [-0.05, 0) is 32.6 Å². The molecule has 1 aromatic rings. The van der Waals surface area contributed by atoms with E-state index in [1.807, 2.05) is 6.92 Å². The fourth-order valence-electron chi connectivity index (χ4n) is 2.61. The monoisotopic (exact) mass is 262 g/mol. The molecule has 0 radical (unpaired) electrons. The van der Waals surface area contributed by atoms with E-state index in [9.17, 15) is 4.79 Å². The van der Waals surface area contributed by atoms with E-state index in [1.165, 1.54) is 12.8 Å². The zero-order chi connectivity index (χ0) is 13.8. The summed E-state index contributed by atoms with van der Waals surface area (Å²) in [6.07, 6.45) is 6.41. The first kappa shape index (κ1) is 14.0. The van der Waals surface area contributed by atoms with Crippen LogP contribution in [-0.2, 0) is 4.74 Å². The topological polar surface area (TPSA) is 52.1 Å². The molecule has 0 spiro atoms. The Morgan fingerprint density at radius 3 is 2.63 bits per heavy atom. The molecule has 0 bridgehead atoms. The number of carbonyl (C=O) groups is 1. The van der Waals surface area contributed by atoms with Crippen LogP contribution in [0.2, 0.25) is 0 Å². The van der Waals surface area contributed by atoms with Gasteiger partial charge in [0.15, 0.2) is 0 Å². The fourth-order valence-corrected chi connectivity index (χ4v) is 2.61. The molecule has 1 aliphatic carbocycles. The quantitative estimate of drug-likeness (QED) is 0.785. The lowest BCUT2D eigenvalue weighted by molar-refractivity contribution is 0.0524. The van der Waals surface area contributed by atoms with Crippen molar-refractivity contribution < 1.29 is 9.53 Å². The first-order valence-electron chi connectivity index (χ1n) is 7.12. The Hall–Kier alpha value is -1.45. The molecule has 0 atom stereocenters. The molecule has 1 saturated carbocycles. The summed E-state index contributed by atoms with van der Waals surface area (Å²) in [5.74, 6) is 1.82. The van der Waals surface area contributed by atoms with Crippen molar-refractivity contribution in [2.45, 2.75) is 52.4 Å². The standard InChI is InChI=1S/C15H22N2O2/c1-4-19-15(18)13-9-16-14(17-11(13)3)12-7-5-10(2)6-8-12/h9-10,12H,4-8H2,1-3H3. The van der Waals surface area contributed by atoms with Crippen molar-refractivity contribution in [3.8, 4) is 0 Å². The second-order valence-electron chi connectivity index (χ2n) is 5.40. The van der Waals surface area contributed by atoms with Crippen LogP contribution in [0.15, 0.2) is 6.20 Å². The van der Waals surface area contributed by atoms with Crippen LogP contribution in [0.4, 0.5) is 0 Å². The largest absolute Gasteiger partial charge is 0.462 e. The number of aryl methyl sites for hydroxylation is 1. The van der Waals surface area contributed by atoms with Gasteiger partial charge < -0.3 is 4.74 Å². The van der Waals surface area contributed by atoms with Crippen molar-refractivity contribution in [2.75, 3.05) is 6.61 Å². The Morgan fingerprint density at radius 2 is 2.05 bits per heavy atom. The van der Waals surface area contributed by atoms with E-state index < -0.39 is 0 Å². The van der Waals surface area contributed by atoms with Gasteiger partial charge in [0.2, 0.25) is 0 Å². The second kappa shape index (κ2) is 6.13. The van der Waals surface area contributed by atoms with Crippen molar-refractivity contribution in [1.82, 2.24) is 9.97 Å². The first-order chi connectivity index (χ1) is 9.11. The summed E-state index contributed by atoms with van der Waals surface area (Å²) < 4.78 is 4.99. The van der Waals surface area contributed by atoms with Gasteiger partial charge in [-0.2, -0.15) is 0 Å². The van der Waals surface area contributed by atoms with Crippen molar-refractivity contribution in [2.24, 2.45) is 5.92 Å². The average molecular weight is 262 g/mol. The van der Waals surface area contributed by atoms with Gasteiger partial charge in [0.05, 0.1) is 17.9 Å². The number of hydrogen-bond acceptors (Lipinski definition) is 4. The number of aromatic nitrogens is 2. The van der Waals surface area contributed by atoms with Gasteiger partial charge in [0, 0.05) is 12.1 Å². The van der Waals surface area contributed by atoms with E-state index in [0.717, 1.165) is 30.3 Å². The average Bonchev–Trinajstić information content (AvgIpc) is 2.39. The molecule has 0 aromatic carbocycles. The second-order valence-corrected chi connectivity index (χ2v) is 5.40. The Labute approximate surface area is 114 Å². The summed E-state index contributed by atoms with van der Waals surface area (Å²) in [6, 6.07) is 0. The minimum atomic E-state index is -0.330. The molecule has 1 fully saturated rings. The lowest BCUT2D eigenvalue weighted by atomic mass is 9.82. The van der Waals surface area contributed by atoms with E-state index in [4.69, 9.17) is 4.74 Å². The molecule has 0 unspecified atom stereocenters. The van der Waals surface area contributed by atoms with E-state index in [-0.39, 0.29) is 5.97 Å². The molecule has 4 nitrogen and oxygen atoms in total. The maximum Gasteiger partial charge on any atom is 0.341 e. The molecule has 1 aromatic heterocycles. The van der Waals surface area contributed by atoms with Crippen molar-refractivity contribution in [3.63, 3.8) is 0 Å². The highest BCUT2D eigenvalue weighted by Gasteiger charge is 2.23. The predicted octanol–water partition coefficient (Wildman–Crippen LogP) is 3.26. The SMILES string of the molecule is CCOC(=O)c1cnc(C2CCC(C)CC2)nc1C. The predicted molar refractivity (Wildman–Crippen MR) is 73.1 cm³/mol. The van der Waals surface area contributed by atoms with Crippen LogP contribution in [0.1, 0.15) is 67.3 Å². The number of esters is 1. The van der Waals surface area contributed by atoms with Gasteiger partial charge in [-0.15, -0.1) is 0 Å². The normalized spacial score (nSPS) is 23.1. The maximum atomic E-state index is 11.7. The molecule has 0 aliphatic heterocycles. The summed E-state index contributed by atoms with van der Waals surface area (Å²) in [5, 5.41) is 0. The highest BCUT2D eigenvalue weighted by Crippen LogP contribution is 2.33. The zero-order valence-corrected chi connectivity index (χ0v) is 12.0. The molecule has 0 amide bonds. The van der Waals surface area contributed by atoms with Crippen molar-refractivity contribution in [3.05, 3.63) is 23.3 Å². The Kier molecular flexibility index (Phi) is 4.51. The summed E-state index contributed by atoms with van der Waals surface area (Å²) in [5.41, 5.74) is 1.21. The molecule has 104 valence electrons. The number of rotatable bonds is 3. The Morgan fingerprint density at radius 1 is 1.37 bits per heavy atom. The number of hydrogen-bond donors (Lipinski definition) is 0. The third kappa shape index (κ3) is 3.31. The van der Waals surface area contributed by atoms with E-state index in [1.54, 1.807) is 13.1 Å². The number of ether oxygens (including phenoxy) is 1. The smallest absolute Gasteiger partial charge is 0.341 e. The molecule has 2 rings (SSSR count). The van der Waals surface area contributed by atoms with E-state index in [2.05, 4.69) is 16.9 Å². The molecule has 0 saturated heterocycles. The van der Waals surface area contributed by atoms with Crippen LogP contribution in [0.3, 0.4) is 0 Å². The lowest BCUT2D eigenvalue weighted by Gasteiger charge is -2.25. The maximum absolute atomic E-state index is 11.7. The molecule has 19 heavy (non-hydrogen) atoms. The molecule has 4 heteroatoms. The van der Waals surface area contributed by atoms with Crippen molar-refractivity contribution in [1.29, 1.82) is 0 Å². The highest BCUT2D eigenvalue weighted by atomic mass is 16.5. The van der Waals surface area contributed by atoms with Crippen LogP contribution in [0, 0.1) is 12.8 Å². The van der Waals surface area contributed by atoms with Gasteiger partial charge in [0.1, 0.15) is 5.82 Å². The summed E-state index contributed by atoms with van der Waals surface area (Å²) in [7, 11) is 0. The third-order valence-electron chi connectivity index (χ3n) is 3.87. The van der Waals surface area contributed by atoms with Gasteiger partial charge in [-0.3, -0.25) is 0 Å². The molecule has 1 heterocycles. The number of carbonyl (C=O) groups excluding carboxylic acids is 1. The van der Waals surface area contributed by atoms with Crippen molar-refractivity contribution >= 4 is 5.97 Å². The zero-order valence-electron chi connectivity index (χ0n) is 12.0. The first-order valence-corrected chi connectivity index (χ1v) is 7.12. The van der Waals surface area contributed by atoms with Gasteiger partial charge in [-0.25, -0.2) is 14.8 Å². The van der Waals surface area contributed by atoms with E-state index >= 15 is 0 Å². The fraction of sp³-hybridized carbons (Fsp3) is 0.667. The number of nitrogens with zero attached hydrogens (tertiary/aromatic N) is 2. The summed E-state index contributed by atoms with van der Waals surface area (Å²) in [6.45, 7) is 6.32. The Bertz CT molecular complexity index is 451. The van der Waals surface area contributed by atoms with Crippen LogP contribution in [0.5, 0.6) is 0 Å². The minimum absolute atomic E-state index is 0.330. The minimum Gasteiger partial charge on any atom is -0.462 e. The summed E-state index contributed by atoms with van der Waals surface area (Å²) >= 11 is 0. The summed E-state index contributed by atoms with van der Waals surface area (Å²) in [4.78, 5) is 20.6. The van der Waals surface area contributed by atoms with Crippen LogP contribution < -0.4 is 0 Å². The van der Waals surface area contributed by atoms with Crippen LogP contribution in [-0.4, -0.2) is 22.5 Å². The lowest BCUT2D eigenvalue weighted by Crippen LogP contribution is -2.16. The van der Waals surface area contributed by atoms with E-state index in [0.29, 0.717) is 18.1 Å². The molecular weight excluding hydrogens is 240 g/mol. The van der Waals surface area contributed by atoms with Crippen LogP contribution in [0.25, 0.3) is 0 Å². The van der Waals surface area contributed by atoms with Gasteiger partial charge in [-0.1, -0.05) is 19.8 Å².